The van der Waals surface area contributed by atoms with Crippen LogP contribution in [0.4, 0.5) is 5.95 Å². The Hall–Kier alpha value is -2.16. The number of nitrogens with zero attached hydrogens (tertiary/aromatic N) is 4. The Morgan fingerprint density at radius 3 is 2.95 bits per heavy atom. The quantitative estimate of drug-likeness (QED) is 0.901. The van der Waals surface area contributed by atoms with Crippen LogP contribution in [0.5, 0.6) is 0 Å². The number of aromatic nitrogens is 2. The lowest BCUT2D eigenvalue weighted by molar-refractivity contribution is -0.143. The summed E-state index contributed by atoms with van der Waals surface area (Å²) in [4.78, 5) is 22.0. The zero-order valence-electron chi connectivity index (χ0n) is 11.8. The van der Waals surface area contributed by atoms with E-state index in [9.17, 15) is 9.90 Å². The van der Waals surface area contributed by atoms with Crippen LogP contribution < -0.4 is 4.90 Å². The van der Waals surface area contributed by atoms with Crippen molar-refractivity contribution in [2.75, 3.05) is 11.4 Å². The van der Waals surface area contributed by atoms with Gasteiger partial charge >= 0.3 is 5.97 Å². The first-order valence-corrected chi connectivity index (χ1v) is 6.80. The van der Waals surface area contributed by atoms with Crippen molar-refractivity contribution < 1.29 is 9.90 Å². The second-order valence-electron chi connectivity index (χ2n) is 5.15. The Kier molecular flexibility index (Phi) is 3.89. The number of carboxylic acid groups (broad SMARTS) is 1. The van der Waals surface area contributed by atoms with Crippen LogP contribution in [-0.4, -0.2) is 33.1 Å². The molecule has 0 amide bonds. The molecule has 6 nitrogen and oxygen atoms in total. The molecule has 6 heteroatoms. The monoisotopic (exact) mass is 274 g/mol. The van der Waals surface area contributed by atoms with Crippen molar-refractivity contribution in [2.24, 2.45) is 0 Å². The zero-order chi connectivity index (χ0) is 14.8. The molecule has 0 aliphatic carbocycles. The van der Waals surface area contributed by atoms with Crippen molar-refractivity contribution in [2.45, 2.75) is 45.1 Å². The van der Waals surface area contributed by atoms with Gasteiger partial charge in [0.25, 0.3) is 0 Å². The highest BCUT2D eigenvalue weighted by molar-refractivity contribution is 5.83. The van der Waals surface area contributed by atoms with Crippen LogP contribution in [0.1, 0.15) is 44.0 Å². The summed E-state index contributed by atoms with van der Waals surface area (Å²) in [6.45, 7) is 4.37. The Morgan fingerprint density at radius 1 is 1.60 bits per heavy atom. The average molecular weight is 274 g/mol. The van der Waals surface area contributed by atoms with E-state index < -0.39 is 11.5 Å². The predicted octanol–water partition coefficient (Wildman–Crippen LogP) is 1.88. The highest BCUT2D eigenvalue weighted by atomic mass is 16.4. The van der Waals surface area contributed by atoms with Crippen LogP contribution in [0.15, 0.2) is 6.07 Å². The van der Waals surface area contributed by atoms with Crippen LogP contribution in [-0.2, 0) is 4.79 Å². The number of nitriles is 1. The van der Waals surface area contributed by atoms with Crippen molar-refractivity contribution in [1.82, 2.24) is 9.97 Å². The number of hydrogen-bond acceptors (Lipinski definition) is 5. The third-order valence-corrected chi connectivity index (χ3v) is 3.75. The van der Waals surface area contributed by atoms with Gasteiger partial charge in [0.15, 0.2) is 0 Å². The zero-order valence-corrected chi connectivity index (χ0v) is 11.8. The van der Waals surface area contributed by atoms with Crippen LogP contribution in [0.2, 0.25) is 0 Å². The minimum Gasteiger partial charge on any atom is -0.479 e. The minimum absolute atomic E-state index is 0.273. The highest BCUT2D eigenvalue weighted by Crippen LogP contribution is 2.36. The Morgan fingerprint density at radius 2 is 2.35 bits per heavy atom. The fourth-order valence-electron chi connectivity index (χ4n) is 2.90. The molecule has 0 bridgehead atoms. The first kappa shape index (κ1) is 14.3. The normalized spacial score (nSPS) is 21.8. The number of carbonyl (C=O) groups is 1. The van der Waals surface area contributed by atoms with E-state index in [4.69, 9.17) is 5.26 Å². The molecule has 1 unspecified atom stereocenters. The summed E-state index contributed by atoms with van der Waals surface area (Å²) in [6.07, 6.45) is 2.72. The van der Waals surface area contributed by atoms with E-state index in [1.807, 2.05) is 13.0 Å². The van der Waals surface area contributed by atoms with Crippen molar-refractivity contribution in [3.05, 3.63) is 17.5 Å². The number of aliphatic carboxylic acids is 1. The van der Waals surface area contributed by atoms with Gasteiger partial charge < -0.3 is 10.0 Å². The lowest BCUT2D eigenvalue weighted by Crippen LogP contribution is -2.51. The Labute approximate surface area is 118 Å². The molecule has 0 spiro atoms. The van der Waals surface area contributed by atoms with E-state index in [2.05, 4.69) is 9.97 Å². The molecule has 0 saturated carbocycles. The van der Waals surface area contributed by atoms with E-state index in [-0.39, 0.29) is 5.69 Å². The number of carboxylic acids is 1. The largest absolute Gasteiger partial charge is 0.479 e. The summed E-state index contributed by atoms with van der Waals surface area (Å²) in [6, 6.07) is 3.59. The van der Waals surface area contributed by atoms with Gasteiger partial charge in [0.1, 0.15) is 17.3 Å². The average Bonchev–Trinajstić information content (AvgIpc) is 2.83. The first-order valence-electron chi connectivity index (χ1n) is 6.80. The first-order chi connectivity index (χ1) is 9.53. The standard InChI is InChI=1S/C14H18N4O2/c1-3-5-14(12(19)20)6-4-7-18(14)13-16-10(2)8-11(9-15)17-13/h8H,3-7H2,1-2H3,(H,19,20). The second kappa shape index (κ2) is 5.45. The fraction of sp³-hybridized carbons (Fsp3) is 0.571. The van der Waals surface area contributed by atoms with Crippen LogP contribution in [0.3, 0.4) is 0 Å². The summed E-state index contributed by atoms with van der Waals surface area (Å²) in [5, 5.41) is 18.7. The van der Waals surface area contributed by atoms with E-state index in [0.717, 1.165) is 12.8 Å². The fourth-order valence-corrected chi connectivity index (χ4v) is 2.90. The van der Waals surface area contributed by atoms with Crippen LogP contribution >= 0.6 is 0 Å². The van der Waals surface area contributed by atoms with Crippen molar-refractivity contribution >= 4 is 11.9 Å². The lowest BCUT2D eigenvalue weighted by Gasteiger charge is -2.34. The molecule has 20 heavy (non-hydrogen) atoms. The molecule has 1 atom stereocenters. The van der Waals surface area contributed by atoms with E-state index >= 15 is 0 Å². The molecule has 0 aromatic carbocycles. The molecule has 1 aliphatic rings. The molecule has 2 rings (SSSR count). The van der Waals surface area contributed by atoms with Gasteiger partial charge in [-0.3, -0.25) is 0 Å². The molecular formula is C14H18N4O2. The molecule has 1 aromatic heterocycles. The molecule has 1 saturated heterocycles. The summed E-state index contributed by atoms with van der Waals surface area (Å²) in [7, 11) is 0. The summed E-state index contributed by atoms with van der Waals surface area (Å²) in [5.74, 6) is -0.477. The highest BCUT2D eigenvalue weighted by Gasteiger charge is 2.48. The molecule has 0 radical (unpaired) electrons. The number of rotatable bonds is 4. The van der Waals surface area contributed by atoms with E-state index in [1.165, 1.54) is 0 Å². The van der Waals surface area contributed by atoms with Gasteiger partial charge in [-0.1, -0.05) is 13.3 Å². The van der Waals surface area contributed by atoms with Crippen molar-refractivity contribution in [3.8, 4) is 6.07 Å². The van der Waals surface area contributed by atoms with E-state index in [1.54, 1.807) is 17.9 Å². The van der Waals surface area contributed by atoms with Gasteiger partial charge in [0, 0.05) is 12.2 Å². The summed E-state index contributed by atoms with van der Waals surface area (Å²) in [5.41, 5.74) is 0.0133. The van der Waals surface area contributed by atoms with Crippen molar-refractivity contribution in [1.29, 1.82) is 5.26 Å². The van der Waals surface area contributed by atoms with Crippen molar-refractivity contribution in [3.63, 3.8) is 0 Å². The SMILES string of the molecule is CCCC1(C(=O)O)CCCN1c1nc(C)cc(C#N)n1. The number of hydrogen-bond donors (Lipinski definition) is 1. The number of aryl methyl sites for hydroxylation is 1. The molecule has 1 N–H and O–H groups in total. The third-order valence-electron chi connectivity index (χ3n) is 3.75. The van der Waals surface area contributed by atoms with Gasteiger partial charge in [-0.25, -0.2) is 14.8 Å². The number of anilines is 1. The maximum Gasteiger partial charge on any atom is 0.329 e. The second-order valence-corrected chi connectivity index (χ2v) is 5.15. The summed E-state index contributed by atoms with van der Waals surface area (Å²) < 4.78 is 0. The molecular weight excluding hydrogens is 256 g/mol. The maximum absolute atomic E-state index is 11.8. The predicted molar refractivity (Wildman–Crippen MR) is 73.3 cm³/mol. The Balaban J connectivity index is 2.47. The molecule has 1 aliphatic heterocycles. The van der Waals surface area contributed by atoms with Gasteiger partial charge in [0.2, 0.25) is 5.95 Å². The van der Waals surface area contributed by atoms with Gasteiger partial charge in [-0.2, -0.15) is 5.26 Å². The van der Waals surface area contributed by atoms with Crippen LogP contribution in [0, 0.1) is 18.3 Å². The van der Waals surface area contributed by atoms with Gasteiger partial charge in [-0.15, -0.1) is 0 Å². The molecule has 1 fully saturated rings. The maximum atomic E-state index is 11.8. The molecule has 2 heterocycles. The lowest BCUT2D eigenvalue weighted by atomic mass is 9.91. The molecule has 1 aromatic rings. The summed E-state index contributed by atoms with van der Waals surface area (Å²) >= 11 is 0. The molecule has 106 valence electrons. The minimum atomic E-state index is -0.935. The third kappa shape index (κ3) is 2.31. The Bertz CT molecular complexity index is 567. The smallest absolute Gasteiger partial charge is 0.329 e. The topological polar surface area (TPSA) is 90.1 Å². The van der Waals surface area contributed by atoms with Gasteiger partial charge in [0.05, 0.1) is 0 Å². The van der Waals surface area contributed by atoms with Crippen LogP contribution in [0.25, 0.3) is 0 Å². The van der Waals surface area contributed by atoms with Gasteiger partial charge in [-0.05, 0) is 32.3 Å². The van der Waals surface area contributed by atoms with E-state index in [0.29, 0.717) is 31.0 Å².